The Bertz CT molecular complexity index is 863. The summed E-state index contributed by atoms with van der Waals surface area (Å²) in [4.78, 5) is 24.8. The minimum Gasteiger partial charge on any atom is -0.489 e. The number of amides is 1. The number of carbonyl (C=O) groups is 2. The van der Waals surface area contributed by atoms with Crippen molar-refractivity contribution in [3.63, 3.8) is 0 Å². The van der Waals surface area contributed by atoms with E-state index in [2.05, 4.69) is 5.32 Å². The van der Waals surface area contributed by atoms with Gasteiger partial charge in [-0.3, -0.25) is 4.79 Å². The molecule has 1 fully saturated rings. The maximum atomic E-state index is 12.7. The van der Waals surface area contributed by atoms with Crippen molar-refractivity contribution in [3.05, 3.63) is 65.7 Å². The fourth-order valence-corrected chi connectivity index (χ4v) is 3.75. The molecule has 2 unspecified atom stereocenters. The second kappa shape index (κ2) is 8.25. The molecule has 2 N–H and O–H groups in total. The molecular formula is C23H27NO5. The molecule has 6 heteroatoms. The van der Waals surface area contributed by atoms with Gasteiger partial charge in [-0.1, -0.05) is 44.2 Å². The predicted molar refractivity (Wildman–Crippen MR) is 109 cm³/mol. The number of hydrogen-bond acceptors (Lipinski definition) is 4. The van der Waals surface area contributed by atoms with Gasteiger partial charge >= 0.3 is 5.97 Å². The maximum Gasteiger partial charge on any atom is 0.330 e. The molecule has 2 atom stereocenters. The number of nitrogens with one attached hydrogen (secondary N) is 1. The molecule has 2 aromatic rings. The number of carbonyl (C=O) groups excluding carboxylic acids is 1. The number of rotatable bonds is 8. The predicted octanol–water partition coefficient (Wildman–Crippen LogP) is 3.65. The Balaban J connectivity index is 1.66. The van der Waals surface area contributed by atoms with E-state index >= 15 is 0 Å². The highest BCUT2D eigenvalue weighted by Gasteiger charge is 2.66. The molecule has 6 nitrogen and oxygen atoms in total. The molecule has 29 heavy (non-hydrogen) atoms. The summed E-state index contributed by atoms with van der Waals surface area (Å²) >= 11 is 0. The normalized spacial score (nSPS) is 22.4. The second-order valence-electron chi connectivity index (χ2n) is 7.83. The summed E-state index contributed by atoms with van der Waals surface area (Å²) in [6.45, 7) is 6.43. The zero-order chi connectivity index (χ0) is 21.1. The fraction of sp³-hybridized carbons (Fsp3) is 0.391. The summed E-state index contributed by atoms with van der Waals surface area (Å²) in [6, 6.07) is 16.5. The standard InChI is InChI=1S/C23H27NO5/c1-4-28-19-14-23(21(26)27,22(19,2)3)24-20(25)17-10-12-18(13-11-17)29-15-16-8-6-5-7-9-16/h5-13,19H,4,14-15H2,1-3H3,(H,24,25)(H,26,27). The number of carboxylic acids is 1. The molecule has 0 aliphatic heterocycles. The van der Waals surface area contributed by atoms with Crippen molar-refractivity contribution in [1.29, 1.82) is 0 Å². The van der Waals surface area contributed by atoms with Crippen LogP contribution >= 0.6 is 0 Å². The molecule has 3 rings (SSSR count). The van der Waals surface area contributed by atoms with Crippen molar-refractivity contribution < 1.29 is 24.2 Å². The SMILES string of the molecule is CCOC1CC(NC(=O)c2ccc(OCc3ccccc3)cc2)(C(=O)O)C1(C)C. The van der Waals surface area contributed by atoms with Crippen LogP contribution in [0.2, 0.25) is 0 Å². The molecule has 0 heterocycles. The average Bonchev–Trinajstić information content (AvgIpc) is 2.72. The molecule has 2 aromatic carbocycles. The molecule has 0 aromatic heterocycles. The van der Waals surface area contributed by atoms with Crippen molar-refractivity contribution in [3.8, 4) is 5.75 Å². The van der Waals surface area contributed by atoms with Gasteiger partial charge in [-0.25, -0.2) is 4.79 Å². The van der Waals surface area contributed by atoms with Gasteiger partial charge < -0.3 is 19.9 Å². The van der Waals surface area contributed by atoms with Crippen molar-refractivity contribution in [2.45, 2.75) is 45.4 Å². The Labute approximate surface area is 170 Å². The fourth-order valence-electron chi connectivity index (χ4n) is 3.75. The molecular weight excluding hydrogens is 370 g/mol. The first-order valence-electron chi connectivity index (χ1n) is 9.74. The average molecular weight is 397 g/mol. The summed E-state index contributed by atoms with van der Waals surface area (Å²) in [5, 5.41) is 12.6. The van der Waals surface area contributed by atoms with Crippen LogP contribution in [-0.4, -0.2) is 35.2 Å². The van der Waals surface area contributed by atoms with E-state index in [1.165, 1.54) is 0 Å². The van der Waals surface area contributed by atoms with Gasteiger partial charge in [0.1, 0.15) is 17.9 Å². The van der Waals surface area contributed by atoms with Gasteiger partial charge in [-0.15, -0.1) is 0 Å². The summed E-state index contributed by atoms with van der Waals surface area (Å²) in [5.74, 6) is -0.835. The van der Waals surface area contributed by atoms with E-state index in [0.29, 0.717) is 24.5 Å². The number of hydrogen-bond donors (Lipinski definition) is 2. The molecule has 1 aliphatic carbocycles. The highest BCUT2D eigenvalue weighted by atomic mass is 16.5. The third-order valence-corrected chi connectivity index (χ3v) is 5.82. The highest BCUT2D eigenvalue weighted by molar-refractivity contribution is 5.98. The van der Waals surface area contributed by atoms with E-state index in [-0.39, 0.29) is 12.5 Å². The minimum atomic E-state index is -1.35. The van der Waals surface area contributed by atoms with Crippen LogP contribution in [0.25, 0.3) is 0 Å². The first kappa shape index (κ1) is 20.9. The third-order valence-electron chi connectivity index (χ3n) is 5.82. The van der Waals surface area contributed by atoms with Gasteiger partial charge in [0.15, 0.2) is 0 Å². The highest BCUT2D eigenvalue weighted by Crippen LogP contribution is 2.51. The summed E-state index contributed by atoms with van der Waals surface area (Å²) in [6.07, 6.45) is 0.0327. The summed E-state index contributed by atoms with van der Waals surface area (Å²) < 4.78 is 11.4. The summed E-state index contributed by atoms with van der Waals surface area (Å²) in [5.41, 5.74) is -0.641. The van der Waals surface area contributed by atoms with Crippen molar-refractivity contribution >= 4 is 11.9 Å². The first-order chi connectivity index (χ1) is 13.8. The Morgan fingerprint density at radius 3 is 2.31 bits per heavy atom. The number of aliphatic carboxylic acids is 1. The van der Waals surface area contributed by atoms with Gasteiger partial charge in [0.2, 0.25) is 0 Å². The molecule has 154 valence electrons. The minimum absolute atomic E-state index is 0.210. The molecule has 1 amide bonds. The Hall–Kier alpha value is -2.86. The summed E-state index contributed by atoms with van der Waals surface area (Å²) in [7, 11) is 0. The molecule has 0 spiro atoms. The Morgan fingerprint density at radius 1 is 1.10 bits per heavy atom. The number of carboxylic acid groups (broad SMARTS) is 1. The van der Waals surface area contributed by atoms with Crippen LogP contribution in [-0.2, 0) is 16.1 Å². The van der Waals surface area contributed by atoms with Crippen molar-refractivity contribution in [2.75, 3.05) is 6.61 Å². The molecule has 0 saturated heterocycles. The van der Waals surface area contributed by atoms with E-state index in [1.807, 2.05) is 51.1 Å². The van der Waals surface area contributed by atoms with Crippen molar-refractivity contribution in [1.82, 2.24) is 5.32 Å². The van der Waals surface area contributed by atoms with Gasteiger partial charge in [0.05, 0.1) is 6.10 Å². The van der Waals surface area contributed by atoms with Gasteiger partial charge in [0, 0.05) is 24.0 Å². The third kappa shape index (κ3) is 3.98. The maximum absolute atomic E-state index is 12.7. The molecule has 0 radical (unpaired) electrons. The first-order valence-corrected chi connectivity index (χ1v) is 9.74. The van der Waals surface area contributed by atoms with Gasteiger partial charge in [-0.2, -0.15) is 0 Å². The van der Waals surface area contributed by atoms with Gasteiger partial charge in [0.25, 0.3) is 5.91 Å². The molecule has 1 saturated carbocycles. The number of benzene rings is 2. The monoisotopic (exact) mass is 397 g/mol. The second-order valence-corrected chi connectivity index (χ2v) is 7.83. The number of ether oxygens (including phenoxy) is 2. The lowest BCUT2D eigenvalue weighted by molar-refractivity contribution is -0.190. The zero-order valence-corrected chi connectivity index (χ0v) is 17.0. The smallest absolute Gasteiger partial charge is 0.330 e. The van der Waals surface area contributed by atoms with E-state index in [4.69, 9.17) is 9.47 Å². The van der Waals surface area contributed by atoms with E-state index in [9.17, 15) is 14.7 Å². The van der Waals surface area contributed by atoms with E-state index in [0.717, 1.165) is 5.56 Å². The Morgan fingerprint density at radius 2 is 1.76 bits per heavy atom. The van der Waals surface area contributed by atoms with Crippen molar-refractivity contribution in [2.24, 2.45) is 5.41 Å². The van der Waals surface area contributed by atoms with Gasteiger partial charge in [-0.05, 0) is 36.8 Å². The van der Waals surface area contributed by atoms with Crippen LogP contribution in [0.1, 0.15) is 43.1 Å². The lowest BCUT2D eigenvalue weighted by Crippen LogP contribution is -2.76. The van der Waals surface area contributed by atoms with Crippen LogP contribution in [0.15, 0.2) is 54.6 Å². The largest absolute Gasteiger partial charge is 0.489 e. The zero-order valence-electron chi connectivity index (χ0n) is 17.0. The lowest BCUT2D eigenvalue weighted by Gasteiger charge is -2.58. The lowest BCUT2D eigenvalue weighted by atomic mass is 9.54. The van der Waals surface area contributed by atoms with Crippen LogP contribution < -0.4 is 10.1 Å². The quantitative estimate of drug-likeness (QED) is 0.710. The molecule has 0 bridgehead atoms. The van der Waals surface area contributed by atoms with E-state index in [1.54, 1.807) is 24.3 Å². The van der Waals surface area contributed by atoms with Crippen LogP contribution in [0.5, 0.6) is 5.75 Å². The Kier molecular flexibility index (Phi) is 5.94. The topological polar surface area (TPSA) is 84.9 Å². The van der Waals surface area contributed by atoms with Crippen LogP contribution in [0, 0.1) is 5.41 Å². The van der Waals surface area contributed by atoms with E-state index < -0.39 is 22.8 Å². The van der Waals surface area contributed by atoms with Crippen LogP contribution in [0.4, 0.5) is 0 Å². The van der Waals surface area contributed by atoms with Crippen LogP contribution in [0.3, 0.4) is 0 Å². The molecule has 1 aliphatic rings.